The van der Waals surface area contributed by atoms with Gasteiger partial charge in [-0.25, -0.2) is 0 Å². The summed E-state index contributed by atoms with van der Waals surface area (Å²) >= 11 is 0. The number of hydrogen-bond donors (Lipinski definition) is 1. The van der Waals surface area contributed by atoms with Crippen LogP contribution in [0.2, 0.25) is 0 Å². The summed E-state index contributed by atoms with van der Waals surface area (Å²) in [4.78, 5) is 42.3. The molecule has 0 spiro atoms. The van der Waals surface area contributed by atoms with Crippen molar-refractivity contribution in [2.24, 2.45) is 5.92 Å². The zero-order valence-corrected chi connectivity index (χ0v) is 19.7. The van der Waals surface area contributed by atoms with Crippen LogP contribution < -0.4 is 5.32 Å². The quantitative estimate of drug-likeness (QED) is 0.471. The lowest BCUT2D eigenvalue weighted by Crippen LogP contribution is -2.50. The second-order valence-corrected chi connectivity index (χ2v) is 9.38. The Hall–Kier alpha value is -2.56. The summed E-state index contributed by atoms with van der Waals surface area (Å²) in [5.41, 5.74) is 0.481. The second kappa shape index (κ2) is 11.7. The van der Waals surface area contributed by atoms with Crippen molar-refractivity contribution < 1.29 is 19.2 Å². The van der Waals surface area contributed by atoms with E-state index in [4.69, 9.17) is 4.74 Å². The van der Waals surface area contributed by atoms with Crippen LogP contribution in [0.1, 0.15) is 36.0 Å². The molecule has 3 aliphatic rings. The van der Waals surface area contributed by atoms with Gasteiger partial charge in [-0.2, -0.15) is 0 Å². The Morgan fingerprint density at radius 3 is 2.24 bits per heavy atom. The van der Waals surface area contributed by atoms with Crippen LogP contribution in [0.15, 0.2) is 24.3 Å². The van der Waals surface area contributed by atoms with Crippen LogP contribution in [0.25, 0.3) is 0 Å². The van der Waals surface area contributed by atoms with E-state index in [2.05, 4.69) is 15.1 Å². The molecule has 3 fully saturated rings. The number of carbonyl (C=O) groups excluding carboxylic acids is 2. The molecule has 1 N–H and O–H groups in total. The molecule has 0 unspecified atom stereocenters. The van der Waals surface area contributed by atoms with Gasteiger partial charge in [0.1, 0.15) is 0 Å². The third-order valence-corrected chi connectivity index (χ3v) is 7.32. The number of nitro groups is 1. The molecule has 1 aromatic rings. The molecule has 4 rings (SSSR count). The van der Waals surface area contributed by atoms with Crippen molar-refractivity contribution >= 4 is 17.5 Å². The summed E-state index contributed by atoms with van der Waals surface area (Å²) in [6, 6.07) is 6.25. The number of rotatable bonds is 7. The molecule has 2 amide bonds. The van der Waals surface area contributed by atoms with E-state index in [1.54, 1.807) is 0 Å². The fourth-order valence-electron chi connectivity index (χ4n) is 5.18. The van der Waals surface area contributed by atoms with Gasteiger partial charge in [0.25, 0.3) is 11.6 Å². The Kier molecular flexibility index (Phi) is 8.47. The molecule has 10 nitrogen and oxygen atoms in total. The molecule has 10 heteroatoms. The van der Waals surface area contributed by atoms with Crippen LogP contribution in [-0.4, -0.2) is 103 Å². The monoisotopic (exact) mass is 473 g/mol. The SMILES string of the molecule is O=C(NCCN1CCOCC1)C1CCN(C2CCN(C(=O)c3ccc([N+](=O)[O-])cc3)CC2)CC1. The van der Waals surface area contributed by atoms with Gasteiger partial charge in [-0.1, -0.05) is 0 Å². The highest BCUT2D eigenvalue weighted by Crippen LogP contribution is 2.25. The molecule has 3 heterocycles. The first-order chi connectivity index (χ1) is 16.5. The smallest absolute Gasteiger partial charge is 0.269 e. The maximum Gasteiger partial charge on any atom is 0.269 e. The number of likely N-dealkylation sites (tertiary alicyclic amines) is 2. The number of carbonyl (C=O) groups is 2. The van der Waals surface area contributed by atoms with E-state index < -0.39 is 4.92 Å². The Bertz CT molecular complexity index is 842. The van der Waals surface area contributed by atoms with Crippen LogP contribution in [-0.2, 0) is 9.53 Å². The lowest BCUT2D eigenvalue weighted by atomic mass is 9.92. The number of amides is 2. The fraction of sp³-hybridized carbons (Fsp3) is 0.667. The van der Waals surface area contributed by atoms with Crippen LogP contribution in [0, 0.1) is 16.0 Å². The molecule has 0 bridgehead atoms. The predicted octanol–water partition coefficient (Wildman–Crippen LogP) is 1.36. The zero-order valence-electron chi connectivity index (χ0n) is 19.7. The van der Waals surface area contributed by atoms with Gasteiger partial charge in [0.15, 0.2) is 0 Å². The van der Waals surface area contributed by atoms with Crippen molar-refractivity contribution in [3.05, 3.63) is 39.9 Å². The van der Waals surface area contributed by atoms with Gasteiger partial charge in [-0.15, -0.1) is 0 Å². The average Bonchev–Trinajstić information content (AvgIpc) is 2.89. The first-order valence-corrected chi connectivity index (χ1v) is 12.4. The van der Waals surface area contributed by atoms with Crippen LogP contribution in [0.3, 0.4) is 0 Å². The molecule has 0 aromatic heterocycles. The van der Waals surface area contributed by atoms with Crippen LogP contribution >= 0.6 is 0 Å². The molecule has 3 saturated heterocycles. The predicted molar refractivity (Wildman–Crippen MR) is 127 cm³/mol. The highest BCUT2D eigenvalue weighted by Gasteiger charge is 2.32. The Balaban J connectivity index is 1.15. The number of piperidine rings is 2. The lowest BCUT2D eigenvalue weighted by molar-refractivity contribution is -0.384. The highest BCUT2D eigenvalue weighted by atomic mass is 16.6. The summed E-state index contributed by atoms with van der Waals surface area (Å²) in [5, 5.41) is 13.9. The number of benzene rings is 1. The number of nitrogens with zero attached hydrogens (tertiary/aromatic N) is 4. The second-order valence-electron chi connectivity index (χ2n) is 9.38. The minimum atomic E-state index is -0.460. The van der Waals surface area contributed by atoms with Gasteiger partial charge in [-0.3, -0.25) is 24.6 Å². The van der Waals surface area contributed by atoms with E-state index in [-0.39, 0.29) is 23.4 Å². The summed E-state index contributed by atoms with van der Waals surface area (Å²) in [7, 11) is 0. The molecule has 0 radical (unpaired) electrons. The molecule has 0 atom stereocenters. The number of nitrogens with one attached hydrogen (secondary N) is 1. The Morgan fingerprint density at radius 2 is 1.62 bits per heavy atom. The lowest BCUT2D eigenvalue weighted by Gasteiger charge is -2.41. The summed E-state index contributed by atoms with van der Waals surface area (Å²) in [6.45, 7) is 8.20. The Labute approximate surface area is 200 Å². The number of nitro benzene ring substituents is 1. The van der Waals surface area contributed by atoms with Crippen LogP contribution in [0.4, 0.5) is 5.69 Å². The highest BCUT2D eigenvalue weighted by molar-refractivity contribution is 5.94. The molecule has 3 aliphatic heterocycles. The fourth-order valence-corrected chi connectivity index (χ4v) is 5.18. The van der Waals surface area contributed by atoms with E-state index in [1.165, 1.54) is 24.3 Å². The maximum absolute atomic E-state index is 12.8. The minimum absolute atomic E-state index is 0.00977. The van der Waals surface area contributed by atoms with Crippen molar-refractivity contribution in [3.8, 4) is 0 Å². The van der Waals surface area contributed by atoms with Crippen molar-refractivity contribution in [1.82, 2.24) is 20.0 Å². The number of non-ortho nitro benzene ring substituents is 1. The Morgan fingerprint density at radius 1 is 0.971 bits per heavy atom. The molecule has 0 saturated carbocycles. The van der Waals surface area contributed by atoms with E-state index in [0.29, 0.717) is 31.2 Å². The average molecular weight is 474 g/mol. The van der Waals surface area contributed by atoms with Gasteiger partial charge in [0.05, 0.1) is 18.1 Å². The summed E-state index contributed by atoms with van der Waals surface area (Å²) in [6.07, 6.45) is 3.58. The van der Waals surface area contributed by atoms with E-state index >= 15 is 0 Å². The third kappa shape index (κ3) is 6.31. The van der Waals surface area contributed by atoms with Gasteiger partial charge < -0.3 is 19.9 Å². The first-order valence-electron chi connectivity index (χ1n) is 12.4. The molecular weight excluding hydrogens is 438 g/mol. The van der Waals surface area contributed by atoms with Crippen molar-refractivity contribution in [3.63, 3.8) is 0 Å². The van der Waals surface area contributed by atoms with Gasteiger partial charge >= 0.3 is 0 Å². The van der Waals surface area contributed by atoms with Crippen molar-refractivity contribution in [1.29, 1.82) is 0 Å². The number of morpholine rings is 1. The topological polar surface area (TPSA) is 108 Å². The molecule has 186 valence electrons. The standard InChI is InChI=1S/C24H35N5O5/c30-23(25-9-14-26-15-17-34-18-16-26)19-5-10-27(11-6-19)21-7-12-28(13-8-21)24(31)20-1-3-22(4-2-20)29(32)33/h1-4,19,21H,5-18H2,(H,25,30). The van der Waals surface area contributed by atoms with Crippen molar-refractivity contribution in [2.45, 2.75) is 31.7 Å². The third-order valence-electron chi connectivity index (χ3n) is 7.32. The summed E-state index contributed by atoms with van der Waals surface area (Å²) < 4.78 is 5.36. The molecule has 34 heavy (non-hydrogen) atoms. The molecule has 0 aliphatic carbocycles. The van der Waals surface area contributed by atoms with E-state index in [9.17, 15) is 19.7 Å². The largest absolute Gasteiger partial charge is 0.379 e. The molecule has 1 aromatic carbocycles. The minimum Gasteiger partial charge on any atom is -0.379 e. The van der Waals surface area contributed by atoms with E-state index in [0.717, 1.165) is 71.6 Å². The van der Waals surface area contributed by atoms with Gasteiger partial charge in [0.2, 0.25) is 5.91 Å². The number of ether oxygens (including phenoxy) is 1. The zero-order chi connectivity index (χ0) is 23.9. The van der Waals surface area contributed by atoms with Gasteiger partial charge in [0, 0.05) is 68.9 Å². The molecular formula is C24H35N5O5. The first kappa shape index (κ1) is 24.6. The maximum atomic E-state index is 12.8. The van der Waals surface area contributed by atoms with E-state index in [1.807, 2.05) is 4.90 Å². The summed E-state index contributed by atoms with van der Waals surface area (Å²) in [5.74, 6) is 0.196. The van der Waals surface area contributed by atoms with Crippen LogP contribution in [0.5, 0.6) is 0 Å². The number of hydrogen-bond acceptors (Lipinski definition) is 7. The van der Waals surface area contributed by atoms with Gasteiger partial charge in [-0.05, 0) is 50.9 Å². The van der Waals surface area contributed by atoms with Crippen molar-refractivity contribution in [2.75, 3.05) is 65.6 Å². The normalized spacial score (nSPS) is 21.4.